The van der Waals surface area contributed by atoms with E-state index in [2.05, 4.69) is 15.5 Å². The van der Waals surface area contributed by atoms with Crippen LogP contribution >= 0.6 is 0 Å². The van der Waals surface area contributed by atoms with E-state index in [0.29, 0.717) is 12.1 Å². The Labute approximate surface area is 89.1 Å². The van der Waals surface area contributed by atoms with Gasteiger partial charge in [-0.1, -0.05) is 6.92 Å². The molecule has 1 atom stereocenters. The van der Waals surface area contributed by atoms with Gasteiger partial charge in [-0.05, 0) is 25.5 Å². The van der Waals surface area contributed by atoms with Crippen LogP contribution in [0.3, 0.4) is 0 Å². The molecular formula is C10H16N4O. The molecule has 82 valence electrons. The van der Waals surface area contributed by atoms with Gasteiger partial charge < -0.3 is 11.1 Å². The summed E-state index contributed by atoms with van der Waals surface area (Å²) < 4.78 is 0. The highest BCUT2D eigenvalue weighted by Gasteiger charge is 2.11. The van der Waals surface area contributed by atoms with Crippen molar-refractivity contribution in [3.8, 4) is 0 Å². The Morgan fingerprint density at radius 2 is 2.40 bits per heavy atom. The summed E-state index contributed by atoms with van der Waals surface area (Å²) in [6.07, 6.45) is 4.62. The number of hydrogen-bond acceptors (Lipinski definition) is 4. The summed E-state index contributed by atoms with van der Waals surface area (Å²) in [6, 6.07) is 1.77. The van der Waals surface area contributed by atoms with Crippen molar-refractivity contribution >= 4 is 5.91 Å². The molecule has 5 heteroatoms. The first-order valence-corrected chi connectivity index (χ1v) is 5.05. The SMILES string of the molecule is CCC(CCN)NC(=O)c1ccnnc1. The second-order valence-corrected chi connectivity index (χ2v) is 3.29. The maximum atomic E-state index is 11.7. The second-order valence-electron chi connectivity index (χ2n) is 3.29. The van der Waals surface area contributed by atoms with Gasteiger partial charge in [0.15, 0.2) is 0 Å². The van der Waals surface area contributed by atoms with Gasteiger partial charge >= 0.3 is 0 Å². The van der Waals surface area contributed by atoms with Crippen LogP contribution in [0.5, 0.6) is 0 Å². The maximum Gasteiger partial charge on any atom is 0.253 e. The van der Waals surface area contributed by atoms with E-state index in [0.717, 1.165) is 12.8 Å². The fourth-order valence-corrected chi connectivity index (χ4v) is 1.27. The quantitative estimate of drug-likeness (QED) is 0.730. The molecule has 0 radical (unpaired) electrons. The standard InChI is InChI=1S/C10H16N4O/c1-2-9(3-5-11)14-10(15)8-4-6-12-13-7-8/h4,6-7,9H,2-3,5,11H2,1H3,(H,14,15). The van der Waals surface area contributed by atoms with Crippen molar-refractivity contribution in [2.24, 2.45) is 5.73 Å². The van der Waals surface area contributed by atoms with E-state index in [4.69, 9.17) is 5.73 Å². The fraction of sp³-hybridized carbons (Fsp3) is 0.500. The van der Waals surface area contributed by atoms with E-state index in [1.807, 2.05) is 6.92 Å². The van der Waals surface area contributed by atoms with Crippen LogP contribution in [0.15, 0.2) is 18.5 Å². The molecule has 5 nitrogen and oxygen atoms in total. The van der Waals surface area contributed by atoms with Crippen molar-refractivity contribution in [3.05, 3.63) is 24.0 Å². The predicted molar refractivity (Wildman–Crippen MR) is 57.2 cm³/mol. The second kappa shape index (κ2) is 6.08. The summed E-state index contributed by atoms with van der Waals surface area (Å²) in [6.45, 7) is 2.60. The molecule has 1 rings (SSSR count). The number of nitrogens with one attached hydrogen (secondary N) is 1. The van der Waals surface area contributed by atoms with E-state index in [1.54, 1.807) is 6.07 Å². The zero-order valence-corrected chi connectivity index (χ0v) is 8.81. The van der Waals surface area contributed by atoms with Gasteiger partial charge in [-0.15, -0.1) is 0 Å². The predicted octanol–water partition coefficient (Wildman–Crippen LogP) is 0.334. The third-order valence-electron chi connectivity index (χ3n) is 2.19. The molecule has 1 amide bonds. The molecule has 0 saturated carbocycles. The van der Waals surface area contributed by atoms with Gasteiger partial charge in [-0.25, -0.2) is 0 Å². The molecule has 1 aromatic rings. The zero-order valence-electron chi connectivity index (χ0n) is 8.81. The van der Waals surface area contributed by atoms with E-state index < -0.39 is 0 Å². The minimum absolute atomic E-state index is 0.120. The van der Waals surface area contributed by atoms with Crippen LogP contribution in [-0.4, -0.2) is 28.7 Å². The molecule has 1 unspecified atom stereocenters. The van der Waals surface area contributed by atoms with Crippen LogP contribution in [0, 0.1) is 0 Å². The maximum absolute atomic E-state index is 11.7. The lowest BCUT2D eigenvalue weighted by molar-refractivity contribution is 0.0934. The molecule has 0 aliphatic rings. The Morgan fingerprint density at radius 3 is 2.93 bits per heavy atom. The smallest absolute Gasteiger partial charge is 0.253 e. The molecule has 0 saturated heterocycles. The van der Waals surface area contributed by atoms with Gasteiger partial charge in [0.05, 0.1) is 18.0 Å². The lowest BCUT2D eigenvalue weighted by Gasteiger charge is -2.15. The van der Waals surface area contributed by atoms with E-state index >= 15 is 0 Å². The average Bonchev–Trinajstić information content (AvgIpc) is 2.29. The fourth-order valence-electron chi connectivity index (χ4n) is 1.27. The van der Waals surface area contributed by atoms with Crippen LogP contribution in [0.1, 0.15) is 30.1 Å². The molecular weight excluding hydrogens is 192 g/mol. The van der Waals surface area contributed by atoms with Gasteiger partial charge in [0.1, 0.15) is 0 Å². The number of hydrogen-bond donors (Lipinski definition) is 2. The Hall–Kier alpha value is -1.49. The average molecular weight is 208 g/mol. The normalized spacial score (nSPS) is 12.1. The van der Waals surface area contributed by atoms with Gasteiger partial charge in [0.2, 0.25) is 0 Å². The molecule has 0 aromatic carbocycles. The van der Waals surface area contributed by atoms with Crippen LogP contribution < -0.4 is 11.1 Å². The highest BCUT2D eigenvalue weighted by Crippen LogP contribution is 1.99. The Balaban J connectivity index is 2.55. The number of nitrogens with two attached hydrogens (primary N) is 1. The monoisotopic (exact) mass is 208 g/mol. The Kier molecular flexibility index (Phi) is 4.70. The minimum atomic E-state index is -0.120. The number of rotatable bonds is 5. The number of carbonyl (C=O) groups excluding carboxylic acids is 1. The van der Waals surface area contributed by atoms with E-state index in [-0.39, 0.29) is 11.9 Å². The molecule has 0 fully saturated rings. The lowest BCUT2D eigenvalue weighted by atomic mass is 10.1. The van der Waals surface area contributed by atoms with Gasteiger partial charge in [0.25, 0.3) is 5.91 Å². The van der Waals surface area contributed by atoms with Crippen LogP contribution in [0.25, 0.3) is 0 Å². The lowest BCUT2D eigenvalue weighted by Crippen LogP contribution is -2.35. The van der Waals surface area contributed by atoms with Crippen molar-refractivity contribution < 1.29 is 4.79 Å². The Bertz CT molecular complexity index is 302. The summed E-state index contributed by atoms with van der Waals surface area (Å²) in [5, 5.41) is 10.2. The van der Waals surface area contributed by atoms with Crippen molar-refractivity contribution in [1.82, 2.24) is 15.5 Å². The van der Waals surface area contributed by atoms with Gasteiger partial charge in [-0.2, -0.15) is 10.2 Å². The zero-order chi connectivity index (χ0) is 11.1. The molecule has 0 aliphatic carbocycles. The van der Waals surface area contributed by atoms with Crippen LogP contribution in [0.4, 0.5) is 0 Å². The largest absolute Gasteiger partial charge is 0.349 e. The summed E-state index contributed by atoms with van der Waals surface area (Å²) >= 11 is 0. The third kappa shape index (κ3) is 3.63. The van der Waals surface area contributed by atoms with Crippen molar-refractivity contribution in [2.75, 3.05) is 6.54 Å². The van der Waals surface area contributed by atoms with E-state index in [9.17, 15) is 4.79 Å². The highest BCUT2D eigenvalue weighted by molar-refractivity contribution is 5.93. The first-order chi connectivity index (χ1) is 7.27. The summed E-state index contributed by atoms with van der Waals surface area (Å²) in [7, 11) is 0. The first-order valence-electron chi connectivity index (χ1n) is 5.05. The van der Waals surface area contributed by atoms with Gasteiger partial charge in [0, 0.05) is 6.04 Å². The summed E-state index contributed by atoms with van der Waals surface area (Å²) in [5.74, 6) is -0.120. The number of nitrogens with zero attached hydrogens (tertiary/aromatic N) is 2. The number of amides is 1. The topological polar surface area (TPSA) is 80.9 Å². The van der Waals surface area contributed by atoms with Gasteiger partial charge in [-0.3, -0.25) is 4.79 Å². The molecule has 1 heterocycles. The molecule has 1 aromatic heterocycles. The number of aromatic nitrogens is 2. The van der Waals surface area contributed by atoms with Crippen molar-refractivity contribution in [2.45, 2.75) is 25.8 Å². The summed E-state index contributed by atoms with van der Waals surface area (Å²) in [4.78, 5) is 11.7. The first kappa shape index (κ1) is 11.6. The van der Waals surface area contributed by atoms with Crippen molar-refractivity contribution in [3.63, 3.8) is 0 Å². The van der Waals surface area contributed by atoms with Crippen LogP contribution in [0.2, 0.25) is 0 Å². The van der Waals surface area contributed by atoms with Crippen LogP contribution in [-0.2, 0) is 0 Å². The Morgan fingerprint density at radius 1 is 1.60 bits per heavy atom. The molecule has 0 spiro atoms. The molecule has 15 heavy (non-hydrogen) atoms. The third-order valence-corrected chi connectivity index (χ3v) is 2.19. The molecule has 0 bridgehead atoms. The highest BCUT2D eigenvalue weighted by atomic mass is 16.1. The molecule has 0 aliphatic heterocycles. The minimum Gasteiger partial charge on any atom is -0.349 e. The molecule has 3 N–H and O–H groups in total. The number of carbonyl (C=O) groups is 1. The van der Waals surface area contributed by atoms with Crippen molar-refractivity contribution in [1.29, 1.82) is 0 Å². The summed E-state index contributed by atoms with van der Waals surface area (Å²) in [5.41, 5.74) is 5.97. The van der Waals surface area contributed by atoms with E-state index in [1.165, 1.54) is 12.4 Å².